The molecule has 0 rings (SSSR count). The van der Waals surface area contributed by atoms with E-state index in [1.807, 2.05) is 0 Å². The lowest BCUT2D eigenvalue weighted by atomic mass is 9.99. The third-order valence-electron chi connectivity index (χ3n) is 14.1. The maximum atomic E-state index is 12.8. The van der Waals surface area contributed by atoms with E-state index >= 15 is 0 Å². The molecule has 0 N–H and O–H groups in total. The third kappa shape index (κ3) is 51.8. The normalized spacial score (nSPS) is 12.5. The van der Waals surface area contributed by atoms with Crippen molar-refractivity contribution in [2.45, 2.75) is 343 Å². The van der Waals surface area contributed by atoms with Crippen molar-refractivity contribution < 1.29 is 28.6 Å². The van der Waals surface area contributed by atoms with Crippen LogP contribution in [-0.2, 0) is 28.6 Å². The molecule has 2 atom stereocenters. The van der Waals surface area contributed by atoms with E-state index in [-0.39, 0.29) is 31.1 Å². The highest BCUT2D eigenvalue weighted by Gasteiger charge is 2.19. The van der Waals surface area contributed by atoms with E-state index in [0.29, 0.717) is 19.3 Å². The van der Waals surface area contributed by atoms with Crippen molar-refractivity contribution in [2.24, 2.45) is 11.8 Å². The Hall–Kier alpha value is -1.59. The fraction of sp³-hybridized carbons (Fsp3) is 0.950. The lowest BCUT2D eigenvalue weighted by Gasteiger charge is -2.18. The highest BCUT2D eigenvalue weighted by atomic mass is 16.6. The number of hydrogen-bond acceptors (Lipinski definition) is 6. The molecule has 0 fully saturated rings. The number of rotatable bonds is 54. The predicted molar refractivity (Wildman–Crippen MR) is 284 cm³/mol. The Balaban J connectivity index is 4.28. The molecule has 0 saturated carbocycles. The van der Waals surface area contributed by atoms with Gasteiger partial charge in [0, 0.05) is 19.3 Å². The highest BCUT2D eigenvalue weighted by Crippen LogP contribution is 2.19. The molecule has 0 saturated heterocycles. The second kappa shape index (κ2) is 52.8. The second-order valence-corrected chi connectivity index (χ2v) is 21.4. The average Bonchev–Trinajstić information content (AvgIpc) is 3.30. The molecule has 1 unspecified atom stereocenters. The minimum atomic E-state index is -0.762. The summed E-state index contributed by atoms with van der Waals surface area (Å²) in [5, 5.41) is 0. The van der Waals surface area contributed by atoms with Crippen molar-refractivity contribution in [1.29, 1.82) is 0 Å². The minimum Gasteiger partial charge on any atom is -0.462 e. The monoisotopic (exact) mass is 933 g/mol. The summed E-state index contributed by atoms with van der Waals surface area (Å²) in [6.45, 7) is 11.5. The van der Waals surface area contributed by atoms with E-state index in [2.05, 4.69) is 34.6 Å². The standard InChI is InChI=1S/C60H116O6/c1-6-8-9-10-11-12-13-18-27-32-37-42-47-52-60(63)66-57(53-64-58(61)50-45-40-35-30-25-21-16-14-19-23-28-33-38-43-48-55(3)4)54-65-59(62)51-46-41-36-31-26-22-17-15-20-24-29-34-39-44-49-56(5)7-2/h55-57H,6-54H2,1-5H3/t56?,57-/m1/s1. The molecule has 6 nitrogen and oxygen atoms in total. The fourth-order valence-electron chi connectivity index (χ4n) is 9.20. The minimum absolute atomic E-state index is 0.0624. The summed E-state index contributed by atoms with van der Waals surface area (Å²) >= 11 is 0. The van der Waals surface area contributed by atoms with Crippen molar-refractivity contribution in [2.75, 3.05) is 13.2 Å². The summed E-state index contributed by atoms with van der Waals surface area (Å²) in [6, 6.07) is 0. The van der Waals surface area contributed by atoms with Gasteiger partial charge in [-0.2, -0.15) is 0 Å². The van der Waals surface area contributed by atoms with Gasteiger partial charge in [-0.1, -0.05) is 298 Å². The van der Waals surface area contributed by atoms with Gasteiger partial charge < -0.3 is 14.2 Å². The number of carbonyl (C=O) groups is 3. The Morgan fingerprint density at radius 1 is 0.318 bits per heavy atom. The summed E-state index contributed by atoms with van der Waals surface area (Å²) in [5.74, 6) is 0.904. The Morgan fingerprint density at radius 3 is 0.864 bits per heavy atom. The van der Waals surface area contributed by atoms with E-state index in [1.54, 1.807) is 0 Å². The molecule has 0 aromatic heterocycles. The van der Waals surface area contributed by atoms with Gasteiger partial charge in [0.1, 0.15) is 13.2 Å². The van der Waals surface area contributed by atoms with Crippen molar-refractivity contribution in [3.05, 3.63) is 0 Å². The van der Waals surface area contributed by atoms with Crippen molar-refractivity contribution in [3.63, 3.8) is 0 Å². The van der Waals surface area contributed by atoms with E-state index in [1.165, 1.54) is 225 Å². The van der Waals surface area contributed by atoms with Crippen molar-refractivity contribution >= 4 is 17.9 Å². The van der Waals surface area contributed by atoms with Crippen LogP contribution in [0.4, 0.5) is 0 Å². The molecule has 0 aromatic carbocycles. The van der Waals surface area contributed by atoms with Gasteiger partial charge in [-0.25, -0.2) is 0 Å². The van der Waals surface area contributed by atoms with Gasteiger partial charge in [0.25, 0.3) is 0 Å². The van der Waals surface area contributed by atoms with Gasteiger partial charge >= 0.3 is 17.9 Å². The summed E-state index contributed by atoms with van der Waals surface area (Å²) in [7, 11) is 0. The Kier molecular flexibility index (Phi) is 51.5. The number of hydrogen-bond donors (Lipinski definition) is 0. The molecule has 0 bridgehead atoms. The number of unbranched alkanes of at least 4 members (excludes halogenated alkanes) is 38. The van der Waals surface area contributed by atoms with E-state index < -0.39 is 6.10 Å². The molecular formula is C60H116O6. The number of carbonyl (C=O) groups excluding carboxylic acids is 3. The smallest absolute Gasteiger partial charge is 0.306 e. The number of ether oxygens (including phenoxy) is 3. The second-order valence-electron chi connectivity index (χ2n) is 21.4. The van der Waals surface area contributed by atoms with Gasteiger partial charge in [0.2, 0.25) is 0 Å². The van der Waals surface area contributed by atoms with Crippen LogP contribution in [0.3, 0.4) is 0 Å². The Bertz CT molecular complexity index is 1010. The zero-order valence-corrected chi connectivity index (χ0v) is 45.3. The Labute approximate surface area is 412 Å². The first-order chi connectivity index (χ1) is 32.3. The first-order valence-electron chi connectivity index (χ1n) is 29.8. The number of esters is 3. The summed E-state index contributed by atoms with van der Waals surface area (Å²) in [5.41, 5.74) is 0. The van der Waals surface area contributed by atoms with Crippen LogP contribution in [0.2, 0.25) is 0 Å². The SMILES string of the molecule is CCCCCCCCCCCCCCCC(=O)O[C@H](COC(=O)CCCCCCCCCCCCCCCCC(C)C)COC(=O)CCCCCCCCCCCCCCCCC(C)CC. The van der Waals surface area contributed by atoms with Crippen molar-refractivity contribution in [3.8, 4) is 0 Å². The molecule has 0 aliphatic carbocycles. The summed E-state index contributed by atoms with van der Waals surface area (Å²) < 4.78 is 16.9. The fourth-order valence-corrected chi connectivity index (χ4v) is 9.20. The molecule has 0 heterocycles. The molecule has 0 radical (unpaired) electrons. The zero-order valence-electron chi connectivity index (χ0n) is 45.3. The van der Waals surface area contributed by atoms with Crippen LogP contribution >= 0.6 is 0 Å². The first-order valence-corrected chi connectivity index (χ1v) is 29.8. The summed E-state index contributed by atoms with van der Waals surface area (Å²) in [4.78, 5) is 38.2. The largest absolute Gasteiger partial charge is 0.462 e. The van der Waals surface area contributed by atoms with Gasteiger partial charge in [-0.3, -0.25) is 14.4 Å². The molecule has 0 aromatic rings. The molecule has 6 heteroatoms. The van der Waals surface area contributed by atoms with Crippen LogP contribution in [0, 0.1) is 11.8 Å². The van der Waals surface area contributed by atoms with Crippen LogP contribution < -0.4 is 0 Å². The van der Waals surface area contributed by atoms with Crippen LogP contribution in [0.25, 0.3) is 0 Å². The van der Waals surface area contributed by atoms with Crippen LogP contribution in [0.1, 0.15) is 336 Å². The molecule has 66 heavy (non-hydrogen) atoms. The lowest BCUT2D eigenvalue weighted by molar-refractivity contribution is -0.167. The van der Waals surface area contributed by atoms with Gasteiger partial charge in [0.15, 0.2) is 6.10 Å². The quantitative estimate of drug-likeness (QED) is 0.0343. The van der Waals surface area contributed by atoms with Crippen LogP contribution in [-0.4, -0.2) is 37.2 Å². The molecule has 0 aliphatic rings. The van der Waals surface area contributed by atoms with E-state index in [9.17, 15) is 14.4 Å². The molecule has 0 spiro atoms. The van der Waals surface area contributed by atoms with E-state index in [0.717, 1.165) is 69.6 Å². The molecular weight excluding hydrogens is 817 g/mol. The highest BCUT2D eigenvalue weighted by molar-refractivity contribution is 5.71. The first kappa shape index (κ1) is 64.4. The van der Waals surface area contributed by atoms with Crippen LogP contribution in [0.5, 0.6) is 0 Å². The zero-order chi connectivity index (χ0) is 48.2. The van der Waals surface area contributed by atoms with Gasteiger partial charge in [-0.15, -0.1) is 0 Å². The topological polar surface area (TPSA) is 78.9 Å². The maximum absolute atomic E-state index is 12.8. The average molecular weight is 934 g/mol. The molecule has 392 valence electrons. The third-order valence-corrected chi connectivity index (χ3v) is 14.1. The van der Waals surface area contributed by atoms with Gasteiger partial charge in [0.05, 0.1) is 0 Å². The lowest BCUT2D eigenvalue weighted by Crippen LogP contribution is -2.30. The van der Waals surface area contributed by atoms with Gasteiger partial charge in [-0.05, 0) is 31.1 Å². The Morgan fingerprint density at radius 2 is 0.576 bits per heavy atom. The maximum Gasteiger partial charge on any atom is 0.306 e. The predicted octanol–water partition coefficient (Wildman–Crippen LogP) is 19.7. The van der Waals surface area contributed by atoms with Crippen LogP contribution in [0.15, 0.2) is 0 Å². The molecule has 0 aliphatic heterocycles. The summed E-state index contributed by atoms with van der Waals surface area (Å²) in [6.07, 6.45) is 56.6. The van der Waals surface area contributed by atoms with E-state index in [4.69, 9.17) is 14.2 Å². The van der Waals surface area contributed by atoms with Crippen molar-refractivity contribution in [1.82, 2.24) is 0 Å². The molecule has 0 amide bonds.